The number of nitrogens with zero attached hydrogens (tertiary/aromatic N) is 1. The maximum Gasteiger partial charge on any atom is 0.427 e. The van der Waals surface area contributed by atoms with Gasteiger partial charge in [-0.2, -0.15) is 8.78 Å². The van der Waals surface area contributed by atoms with E-state index in [0.717, 1.165) is 17.7 Å². The summed E-state index contributed by atoms with van der Waals surface area (Å²) in [5.74, 6) is -1.84. The molecule has 3 rings (SSSR count). The van der Waals surface area contributed by atoms with Crippen LogP contribution in [0.4, 0.5) is 8.78 Å². The number of ether oxygens (including phenoxy) is 1. The summed E-state index contributed by atoms with van der Waals surface area (Å²) in [5, 5.41) is 6.72. The van der Waals surface area contributed by atoms with Gasteiger partial charge in [-0.15, -0.1) is 0 Å². The largest absolute Gasteiger partial charge is 0.427 e. The van der Waals surface area contributed by atoms with E-state index in [0.29, 0.717) is 5.71 Å². The topological polar surface area (TPSA) is 46.2 Å². The Morgan fingerprint density at radius 2 is 2.00 bits per heavy atom. The molecule has 2 aliphatic rings. The van der Waals surface area contributed by atoms with Crippen LogP contribution in [0.15, 0.2) is 29.4 Å². The minimum absolute atomic E-state index is 0.0224. The monoisotopic (exact) mass is 254 g/mol. The van der Waals surface area contributed by atoms with Gasteiger partial charge in [0.25, 0.3) is 0 Å². The van der Waals surface area contributed by atoms with Gasteiger partial charge in [0, 0.05) is 6.54 Å². The molecule has 1 unspecified atom stereocenters. The Hall–Kier alpha value is -1.53. The number of hydrogen-bond donors (Lipinski definition) is 1. The predicted octanol–water partition coefficient (Wildman–Crippen LogP) is 1.85. The van der Waals surface area contributed by atoms with Crippen molar-refractivity contribution < 1.29 is 18.4 Å². The molecular formula is C12H12F2N2O2. The number of benzene rings is 1. The zero-order valence-electron chi connectivity index (χ0n) is 9.74. The van der Waals surface area contributed by atoms with Gasteiger partial charge in [0.2, 0.25) is 0 Å². The molecule has 96 valence electrons. The highest BCUT2D eigenvalue weighted by atomic mass is 19.3. The molecule has 1 fully saturated rings. The molecule has 0 bridgehead atoms. The standard InChI is InChI=1S/C12H12F2N2O2/c1-15-7-8-2-4-9(5-3-8)10-6-11(18-16-10)12(13,14)17-11/h2-5,15H,6-7H2,1H3. The molecule has 1 aromatic rings. The van der Waals surface area contributed by atoms with Crippen LogP contribution in [0.3, 0.4) is 0 Å². The first-order valence-electron chi connectivity index (χ1n) is 5.63. The Bertz CT molecular complexity index is 501. The average Bonchev–Trinajstić information content (AvgIpc) is 2.71. The lowest BCUT2D eigenvalue weighted by molar-refractivity contribution is -0.0370. The normalized spacial score (nSPS) is 28.1. The summed E-state index contributed by atoms with van der Waals surface area (Å²) >= 11 is 0. The van der Waals surface area contributed by atoms with E-state index in [4.69, 9.17) is 4.84 Å². The number of alkyl halides is 2. The molecule has 6 heteroatoms. The first-order chi connectivity index (χ1) is 8.56. The highest BCUT2D eigenvalue weighted by molar-refractivity contribution is 6.01. The van der Waals surface area contributed by atoms with Gasteiger partial charge < -0.3 is 10.2 Å². The maximum atomic E-state index is 12.9. The summed E-state index contributed by atoms with van der Waals surface area (Å²) in [7, 11) is 1.86. The molecule has 0 amide bonds. The number of halogens is 2. The summed E-state index contributed by atoms with van der Waals surface area (Å²) in [6.45, 7) is 0.758. The van der Waals surface area contributed by atoms with Crippen molar-refractivity contribution in [2.24, 2.45) is 5.16 Å². The predicted molar refractivity (Wildman–Crippen MR) is 60.2 cm³/mol. The molecule has 4 nitrogen and oxygen atoms in total. The molecule has 1 spiro atoms. The lowest BCUT2D eigenvalue weighted by Gasteiger charge is -2.02. The van der Waals surface area contributed by atoms with Crippen molar-refractivity contribution in [2.75, 3.05) is 7.05 Å². The van der Waals surface area contributed by atoms with Crippen molar-refractivity contribution in [1.29, 1.82) is 0 Å². The highest BCUT2D eigenvalue weighted by Gasteiger charge is 2.80. The second-order valence-corrected chi connectivity index (χ2v) is 4.41. The van der Waals surface area contributed by atoms with Gasteiger partial charge in [-0.1, -0.05) is 29.4 Å². The molecule has 0 saturated carbocycles. The zero-order chi connectivity index (χ0) is 12.8. The number of rotatable bonds is 3. The van der Waals surface area contributed by atoms with E-state index in [1.54, 1.807) is 0 Å². The van der Waals surface area contributed by atoms with Crippen LogP contribution in [-0.4, -0.2) is 24.7 Å². The summed E-state index contributed by atoms with van der Waals surface area (Å²) in [5.41, 5.74) is 2.38. The van der Waals surface area contributed by atoms with Gasteiger partial charge in [-0.05, 0) is 18.2 Å². The van der Waals surface area contributed by atoms with Crippen LogP contribution < -0.4 is 5.32 Å². The molecule has 2 aliphatic heterocycles. The van der Waals surface area contributed by atoms with Crippen molar-refractivity contribution >= 4 is 5.71 Å². The van der Waals surface area contributed by atoms with Crippen LogP contribution in [0, 0.1) is 0 Å². The van der Waals surface area contributed by atoms with Crippen LogP contribution >= 0.6 is 0 Å². The van der Waals surface area contributed by atoms with E-state index < -0.39 is 11.9 Å². The Labute approximate surface area is 103 Å². The lowest BCUT2D eigenvalue weighted by Crippen LogP contribution is -2.18. The van der Waals surface area contributed by atoms with Crippen molar-refractivity contribution in [3.63, 3.8) is 0 Å². The smallest absolute Gasteiger partial charge is 0.350 e. The van der Waals surface area contributed by atoms with E-state index in [-0.39, 0.29) is 6.42 Å². The Morgan fingerprint density at radius 3 is 2.50 bits per heavy atom. The van der Waals surface area contributed by atoms with Crippen LogP contribution in [0.25, 0.3) is 0 Å². The number of nitrogens with one attached hydrogen (secondary N) is 1. The quantitative estimate of drug-likeness (QED) is 0.837. The van der Waals surface area contributed by atoms with Crippen molar-refractivity contribution in [3.05, 3.63) is 35.4 Å². The average molecular weight is 254 g/mol. The number of oxime groups is 1. The van der Waals surface area contributed by atoms with Crippen molar-refractivity contribution in [3.8, 4) is 0 Å². The molecule has 1 N–H and O–H groups in total. The molecule has 0 radical (unpaired) electrons. The van der Waals surface area contributed by atoms with Crippen LogP contribution in [-0.2, 0) is 16.1 Å². The lowest BCUT2D eigenvalue weighted by atomic mass is 10.0. The molecule has 1 atom stereocenters. The van der Waals surface area contributed by atoms with Gasteiger partial charge in [0.15, 0.2) is 0 Å². The molecule has 2 heterocycles. The molecule has 0 aromatic heterocycles. The first kappa shape index (κ1) is 11.6. The fourth-order valence-electron chi connectivity index (χ4n) is 1.98. The van der Waals surface area contributed by atoms with E-state index in [1.807, 2.05) is 31.3 Å². The van der Waals surface area contributed by atoms with Gasteiger partial charge >= 0.3 is 11.9 Å². The second-order valence-electron chi connectivity index (χ2n) is 4.41. The van der Waals surface area contributed by atoms with Gasteiger partial charge in [-0.25, -0.2) is 0 Å². The Balaban J connectivity index is 1.73. The molecule has 0 aliphatic carbocycles. The molecule has 1 aromatic carbocycles. The Morgan fingerprint density at radius 1 is 1.33 bits per heavy atom. The van der Waals surface area contributed by atoms with Gasteiger partial charge in [0.05, 0.1) is 12.1 Å². The maximum absolute atomic E-state index is 12.9. The fraction of sp³-hybridized carbons (Fsp3) is 0.417. The Kier molecular flexibility index (Phi) is 2.39. The number of hydrogen-bond acceptors (Lipinski definition) is 4. The van der Waals surface area contributed by atoms with E-state index in [1.165, 1.54) is 0 Å². The van der Waals surface area contributed by atoms with Crippen LogP contribution in [0.1, 0.15) is 17.5 Å². The first-order valence-corrected chi connectivity index (χ1v) is 5.63. The zero-order valence-corrected chi connectivity index (χ0v) is 9.74. The van der Waals surface area contributed by atoms with E-state index >= 15 is 0 Å². The van der Waals surface area contributed by atoms with Crippen molar-refractivity contribution in [2.45, 2.75) is 24.9 Å². The van der Waals surface area contributed by atoms with E-state index in [2.05, 4.69) is 15.2 Å². The third-order valence-electron chi connectivity index (χ3n) is 3.07. The minimum Gasteiger partial charge on any atom is -0.350 e. The molecule has 18 heavy (non-hydrogen) atoms. The molecular weight excluding hydrogens is 242 g/mol. The highest BCUT2D eigenvalue weighted by Crippen LogP contribution is 2.56. The molecule has 1 saturated heterocycles. The van der Waals surface area contributed by atoms with Gasteiger partial charge in [-0.3, -0.25) is 4.74 Å². The van der Waals surface area contributed by atoms with Gasteiger partial charge in [0.1, 0.15) is 0 Å². The van der Waals surface area contributed by atoms with Crippen LogP contribution in [0.5, 0.6) is 0 Å². The SMILES string of the molecule is CNCc1ccc(C2=NOC3(C2)OC3(F)F)cc1. The third-order valence-corrected chi connectivity index (χ3v) is 3.07. The number of epoxide rings is 1. The summed E-state index contributed by atoms with van der Waals surface area (Å²) < 4.78 is 30.1. The second kappa shape index (κ2) is 3.73. The fourth-order valence-corrected chi connectivity index (χ4v) is 1.98. The van der Waals surface area contributed by atoms with Crippen LogP contribution in [0.2, 0.25) is 0 Å². The van der Waals surface area contributed by atoms with E-state index in [9.17, 15) is 8.78 Å². The minimum atomic E-state index is -3.22. The summed E-state index contributed by atoms with van der Waals surface area (Å²) in [4.78, 5) is 4.71. The summed E-state index contributed by atoms with van der Waals surface area (Å²) in [6.07, 6.45) is -3.24. The van der Waals surface area contributed by atoms with Crippen molar-refractivity contribution in [1.82, 2.24) is 5.32 Å². The summed E-state index contributed by atoms with van der Waals surface area (Å²) in [6, 6.07) is 7.53. The third kappa shape index (κ3) is 1.69.